The summed E-state index contributed by atoms with van der Waals surface area (Å²) in [7, 11) is 0. The van der Waals surface area contributed by atoms with Gasteiger partial charge in [-0.05, 0) is 31.0 Å². The van der Waals surface area contributed by atoms with Gasteiger partial charge in [0.2, 0.25) is 0 Å². The first-order chi connectivity index (χ1) is 9.33. The molecule has 0 aliphatic carbocycles. The number of rotatable bonds is 8. The zero-order valence-electron chi connectivity index (χ0n) is 11.7. The van der Waals surface area contributed by atoms with Crippen molar-refractivity contribution in [1.82, 2.24) is 4.98 Å². The molecule has 0 saturated carbocycles. The Kier molecular flexibility index (Phi) is 5.45. The first-order valence-electron chi connectivity index (χ1n) is 7.10. The molecule has 1 heterocycles. The molecule has 0 aliphatic rings. The van der Waals surface area contributed by atoms with Crippen molar-refractivity contribution in [3.8, 4) is 5.75 Å². The average molecular weight is 278 g/mol. The number of anilines is 1. The van der Waals surface area contributed by atoms with Gasteiger partial charge in [-0.15, -0.1) is 0 Å². The van der Waals surface area contributed by atoms with E-state index in [1.165, 1.54) is 17.5 Å². The number of hydrogen-bond acceptors (Lipinski definition) is 4. The molecule has 0 radical (unpaired) electrons. The smallest absolute Gasteiger partial charge is 0.183 e. The van der Waals surface area contributed by atoms with Crippen molar-refractivity contribution in [2.45, 2.75) is 39.5 Å². The van der Waals surface area contributed by atoms with Gasteiger partial charge in [0.1, 0.15) is 5.75 Å². The lowest BCUT2D eigenvalue weighted by Gasteiger charge is -2.04. The van der Waals surface area contributed by atoms with Crippen LogP contribution in [0.25, 0.3) is 10.2 Å². The molecule has 19 heavy (non-hydrogen) atoms. The van der Waals surface area contributed by atoms with Gasteiger partial charge in [-0.3, -0.25) is 0 Å². The normalized spacial score (nSPS) is 10.8. The van der Waals surface area contributed by atoms with Crippen LogP contribution in [0.15, 0.2) is 18.2 Å². The van der Waals surface area contributed by atoms with Crippen LogP contribution in [0.3, 0.4) is 0 Å². The van der Waals surface area contributed by atoms with Crippen molar-refractivity contribution < 1.29 is 4.74 Å². The molecule has 0 amide bonds. The molecule has 0 fully saturated rings. The molecular weight excluding hydrogens is 256 g/mol. The number of unbranched alkanes of at least 4 members (excludes halogenated alkanes) is 2. The van der Waals surface area contributed by atoms with Crippen LogP contribution < -0.4 is 10.1 Å². The quantitative estimate of drug-likeness (QED) is 0.711. The van der Waals surface area contributed by atoms with Crippen molar-refractivity contribution >= 4 is 26.7 Å². The van der Waals surface area contributed by atoms with E-state index < -0.39 is 0 Å². The molecule has 0 aliphatic heterocycles. The molecule has 0 atom stereocenters. The maximum atomic E-state index is 5.77. The zero-order valence-corrected chi connectivity index (χ0v) is 12.6. The van der Waals surface area contributed by atoms with Crippen LogP contribution in [-0.2, 0) is 0 Å². The number of nitrogens with zero attached hydrogens (tertiary/aromatic N) is 1. The Morgan fingerprint density at radius 2 is 2.11 bits per heavy atom. The topological polar surface area (TPSA) is 34.1 Å². The van der Waals surface area contributed by atoms with Gasteiger partial charge in [0.05, 0.1) is 16.8 Å². The Balaban J connectivity index is 1.99. The van der Waals surface area contributed by atoms with Gasteiger partial charge in [0.25, 0.3) is 0 Å². The monoisotopic (exact) mass is 278 g/mol. The summed E-state index contributed by atoms with van der Waals surface area (Å²) in [5.74, 6) is 0.953. The summed E-state index contributed by atoms with van der Waals surface area (Å²) in [6.45, 7) is 6.13. The maximum Gasteiger partial charge on any atom is 0.183 e. The fraction of sp³-hybridized carbons (Fsp3) is 0.533. The lowest BCUT2D eigenvalue weighted by molar-refractivity contribution is 0.306. The van der Waals surface area contributed by atoms with Crippen LogP contribution in [0.2, 0.25) is 0 Å². The number of ether oxygens (including phenoxy) is 1. The second kappa shape index (κ2) is 7.34. The molecule has 1 aromatic carbocycles. The predicted octanol–water partition coefficient (Wildman–Crippen LogP) is 4.69. The molecule has 0 bridgehead atoms. The van der Waals surface area contributed by atoms with Crippen LogP contribution in [0.1, 0.15) is 39.5 Å². The molecule has 0 spiro atoms. The number of aromatic nitrogens is 1. The van der Waals surface area contributed by atoms with E-state index in [2.05, 4.69) is 30.2 Å². The van der Waals surface area contributed by atoms with Gasteiger partial charge >= 0.3 is 0 Å². The van der Waals surface area contributed by atoms with Gasteiger partial charge < -0.3 is 10.1 Å². The third kappa shape index (κ3) is 4.10. The molecule has 1 aromatic heterocycles. The summed E-state index contributed by atoms with van der Waals surface area (Å²) in [6.07, 6.45) is 4.69. The van der Waals surface area contributed by atoms with Crippen molar-refractivity contribution in [3.05, 3.63) is 18.2 Å². The molecule has 2 rings (SSSR count). The highest BCUT2D eigenvalue weighted by atomic mass is 32.1. The number of thiazole rings is 1. The fourth-order valence-corrected chi connectivity index (χ4v) is 2.76. The molecule has 1 N–H and O–H groups in total. The molecule has 2 aromatic rings. The van der Waals surface area contributed by atoms with Crippen LogP contribution in [0, 0.1) is 0 Å². The van der Waals surface area contributed by atoms with E-state index in [0.29, 0.717) is 0 Å². The van der Waals surface area contributed by atoms with Crippen molar-refractivity contribution in [2.24, 2.45) is 0 Å². The van der Waals surface area contributed by atoms with E-state index in [0.717, 1.165) is 42.4 Å². The highest BCUT2D eigenvalue weighted by Crippen LogP contribution is 2.29. The summed E-state index contributed by atoms with van der Waals surface area (Å²) in [6, 6.07) is 6.14. The summed E-state index contributed by atoms with van der Waals surface area (Å²) in [5, 5.41) is 4.33. The first-order valence-corrected chi connectivity index (χ1v) is 7.92. The van der Waals surface area contributed by atoms with Gasteiger partial charge in [0.15, 0.2) is 5.13 Å². The minimum absolute atomic E-state index is 0.805. The zero-order chi connectivity index (χ0) is 13.5. The van der Waals surface area contributed by atoms with Crippen LogP contribution in [0.5, 0.6) is 5.75 Å². The predicted molar refractivity (Wildman–Crippen MR) is 83.4 cm³/mol. The first kappa shape index (κ1) is 14.1. The summed E-state index contributed by atoms with van der Waals surface area (Å²) in [5.41, 5.74) is 1.05. The van der Waals surface area contributed by atoms with Crippen LogP contribution in [-0.4, -0.2) is 18.1 Å². The third-order valence-corrected chi connectivity index (χ3v) is 3.88. The maximum absolute atomic E-state index is 5.77. The summed E-state index contributed by atoms with van der Waals surface area (Å²) in [4.78, 5) is 4.55. The lowest BCUT2D eigenvalue weighted by Crippen LogP contribution is -1.98. The number of fused-ring (bicyclic) bond motifs is 1. The molecule has 104 valence electrons. The van der Waals surface area contributed by atoms with Crippen LogP contribution >= 0.6 is 11.3 Å². The van der Waals surface area contributed by atoms with Crippen molar-refractivity contribution in [1.29, 1.82) is 0 Å². The van der Waals surface area contributed by atoms with Crippen LogP contribution in [0.4, 0.5) is 5.13 Å². The minimum atomic E-state index is 0.805. The Morgan fingerprint density at radius 1 is 1.21 bits per heavy atom. The largest absolute Gasteiger partial charge is 0.494 e. The lowest BCUT2D eigenvalue weighted by atomic mass is 10.3. The van der Waals surface area contributed by atoms with E-state index >= 15 is 0 Å². The minimum Gasteiger partial charge on any atom is -0.494 e. The Labute approximate surface area is 119 Å². The second-order valence-corrected chi connectivity index (χ2v) is 5.66. The molecule has 0 unspecified atom stereocenters. The summed E-state index contributed by atoms with van der Waals surface area (Å²) >= 11 is 1.69. The molecular formula is C15H22N2OS. The van der Waals surface area contributed by atoms with Gasteiger partial charge in [-0.25, -0.2) is 4.98 Å². The molecule has 0 saturated heterocycles. The average Bonchev–Trinajstić information content (AvgIpc) is 2.83. The SMILES string of the molecule is CCCCCOc1ccc2nc(NCCC)sc2c1. The van der Waals surface area contributed by atoms with Crippen molar-refractivity contribution in [3.63, 3.8) is 0 Å². The van der Waals surface area contributed by atoms with Gasteiger partial charge in [0, 0.05) is 6.54 Å². The van der Waals surface area contributed by atoms with E-state index in [9.17, 15) is 0 Å². The Morgan fingerprint density at radius 3 is 2.89 bits per heavy atom. The van der Waals surface area contributed by atoms with Crippen molar-refractivity contribution in [2.75, 3.05) is 18.5 Å². The summed E-state index contributed by atoms with van der Waals surface area (Å²) < 4.78 is 6.95. The van der Waals surface area contributed by atoms with Gasteiger partial charge in [-0.2, -0.15) is 0 Å². The number of hydrogen-bond donors (Lipinski definition) is 1. The Hall–Kier alpha value is -1.29. The highest BCUT2D eigenvalue weighted by molar-refractivity contribution is 7.22. The third-order valence-electron chi connectivity index (χ3n) is 2.90. The number of nitrogens with one attached hydrogen (secondary N) is 1. The highest BCUT2D eigenvalue weighted by Gasteiger charge is 2.04. The van der Waals surface area contributed by atoms with E-state index in [1.807, 2.05) is 12.1 Å². The molecule has 4 heteroatoms. The van der Waals surface area contributed by atoms with Gasteiger partial charge in [-0.1, -0.05) is 38.0 Å². The standard InChI is InChI=1S/C15H22N2OS/c1-3-5-6-10-18-12-7-8-13-14(11-12)19-15(17-13)16-9-4-2/h7-8,11H,3-6,9-10H2,1-2H3,(H,16,17). The fourth-order valence-electron chi connectivity index (χ4n) is 1.84. The molecule has 3 nitrogen and oxygen atoms in total. The van der Waals surface area contributed by atoms with E-state index in [4.69, 9.17) is 4.74 Å². The Bertz CT molecular complexity index is 510. The van der Waals surface area contributed by atoms with E-state index in [-0.39, 0.29) is 0 Å². The second-order valence-electron chi connectivity index (χ2n) is 4.63. The van der Waals surface area contributed by atoms with E-state index in [1.54, 1.807) is 11.3 Å². The number of benzene rings is 1.